The number of hydrogen-bond acceptors (Lipinski definition) is 8. The second-order valence-electron chi connectivity index (χ2n) is 13.5. The van der Waals surface area contributed by atoms with Gasteiger partial charge in [0.1, 0.15) is 31.0 Å². The Balaban J connectivity index is 1.26. The molecule has 51 heavy (non-hydrogen) atoms. The first-order valence-electron chi connectivity index (χ1n) is 18.2. The average Bonchev–Trinajstić information content (AvgIpc) is 3.19. The summed E-state index contributed by atoms with van der Waals surface area (Å²) in [5, 5.41) is 12.0. The van der Waals surface area contributed by atoms with E-state index in [-0.39, 0.29) is 26.4 Å². The van der Waals surface area contributed by atoms with Gasteiger partial charge in [0.2, 0.25) is 0 Å². The van der Waals surface area contributed by atoms with E-state index in [1.165, 1.54) is 6.42 Å². The summed E-state index contributed by atoms with van der Waals surface area (Å²) in [6.07, 6.45) is 0.278. The molecule has 270 valence electrons. The number of ether oxygens (including phenoxy) is 6. The highest BCUT2D eigenvalue weighted by atomic mass is 16.7. The minimum absolute atomic E-state index is 0.0816. The second-order valence-corrected chi connectivity index (χ2v) is 13.5. The normalized spacial score (nSPS) is 23.0. The van der Waals surface area contributed by atoms with E-state index >= 15 is 0 Å². The van der Waals surface area contributed by atoms with Crippen molar-refractivity contribution in [2.75, 3.05) is 6.61 Å². The highest BCUT2D eigenvalue weighted by Gasteiger charge is 2.49. The van der Waals surface area contributed by atoms with Gasteiger partial charge in [-0.2, -0.15) is 0 Å². The van der Waals surface area contributed by atoms with Gasteiger partial charge in [-0.25, -0.2) is 4.79 Å². The van der Waals surface area contributed by atoms with Crippen LogP contribution in [0.3, 0.4) is 0 Å². The summed E-state index contributed by atoms with van der Waals surface area (Å²) >= 11 is 0. The minimum atomic E-state index is -1.19. The predicted molar refractivity (Wildman–Crippen MR) is 193 cm³/mol. The van der Waals surface area contributed by atoms with Crippen LogP contribution in [0.15, 0.2) is 121 Å². The number of aliphatic hydroxyl groups excluding tert-OH is 1. The minimum Gasteiger partial charge on any atom is -0.459 e. The highest BCUT2D eigenvalue weighted by Crippen LogP contribution is 2.33. The molecule has 8 heteroatoms. The third kappa shape index (κ3) is 11.3. The van der Waals surface area contributed by atoms with Crippen molar-refractivity contribution in [1.29, 1.82) is 0 Å². The van der Waals surface area contributed by atoms with Crippen LogP contribution >= 0.6 is 0 Å². The Morgan fingerprint density at radius 3 is 1.73 bits per heavy atom. The summed E-state index contributed by atoms with van der Waals surface area (Å²) in [5.74, 6) is -0.146. The van der Waals surface area contributed by atoms with Crippen LogP contribution in [0.25, 0.3) is 0 Å². The third-order valence-corrected chi connectivity index (χ3v) is 9.63. The molecule has 1 N–H and O–H groups in total. The maximum absolute atomic E-state index is 13.9. The summed E-state index contributed by atoms with van der Waals surface area (Å²) in [7, 11) is 0. The largest absolute Gasteiger partial charge is 0.459 e. The van der Waals surface area contributed by atoms with Crippen LogP contribution in [0.1, 0.15) is 60.8 Å². The molecule has 1 aliphatic heterocycles. The number of rotatable bonds is 17. The molecule has 2 aliphatic rings. The summed E-state index contributed by atoms with van der Waals surface area (Å²) in [4.78, 5) is 13.9. The number of carbonyl (C=O) groups is 1. The lowest BCUT2D eigenvalue weighted by Crippen LogP contribution is -2.62. The van der Waals surface area contributed by atoms with Crippen LogP contribution in [0, 0.1) is 5.92 Å². The van der Waals surface area contributed by atoms with Gasteiger partial charge < -0.3 is 33.5 Å². The van der Waals surface area contributed by atoms with Crippen LogP contribution in [0.2, 0.25) is 0 Å². The zero-order valence-corrected chi connectivity index (χ0v) is 29.2. The van der Waals surface area contributed by atoms with E-state index < -0.39 is 42.8 Å². The Morgan fingerprint density at radius 2 is 1.16 bits per heavy atom. The van der Waals surface area contributed by atoms with E-state index in [0.717, 1.165) is 47.9 Å². The lowest BCUT2D eigenvalue weighted by atomic mass is 9.85. The number of benzene rings is 4. The van der Waals surface area contributed by atoms with Crippen LogP contribution in [-0.2, 0) is 59.6 Å². The van der Waals surface area contributed by atoms with E-state index in [9.17, 15) is 9.90 Å². The smallest absolute Gasteiger partial charge is 0.335 e. The van der Waals surface area contributed by atoms with E-state index in [1.807, 2.05) is 121 Å². The van der Waals surface area contributed by atoms with Gasteiger partial charge in [0.15, 0.2) is 12.4 Å². The molecule has 0 spiro atoms. The van der Waals surface area contributed by atoms with Crippen LogP contribution in [-0.4, -0.2) is 54.5 Å². The quantitative estimate of drug-likeness (QED) is 0.113. The lowest BCUT2D eigenvalue weighted by Gasteiger charge is -2.45. The Labute approximate surface area is 301 Å². The number of carbonyl (C=O) groups excluding carboxylic acids is 1. The fourth-order valence-electron chi connectivity index (χ4n) is 6.83. The summed E-state index contributed by atoms with van der Waals surface area (Å²) in [5.41, 5.74) is 3.80. The first kappa shape index (κ1) is 36.9. The first-order valence-corrected chi connectivity index (χ1v) is 18.2. The van der Waals surface area contributed by atoms with Gasteiger partial charge >= 0.3 is 5.97 Å². The van der Waals surface area contributed by atoms with E-state index in [1.54, 1.807) is 0 Å². The van der Waals surface area contributed by atoms with Crippen molar-refractivity contribution in [3.63, 3.8) is 0 Å². The summed E-state index contributed by atoms with van der Waals surface area (Å²) in [6.45, 7) is 1.04. The van der Waals surface area contributed by atoms with Crippen molar-refractivity contribution < 1.29 is 38.3 Å². The highest BCUT2D eigenvalue weighted by molar-refractivity contribution is 5.74. The Kier molecular flexibility index (Phi) is 14.2. The molecule has 2 fully saturated rings. The third-order valence-electron chi connectivity index (χ3n) is 9.63. The topological polar surface area (TPSA) is 92.7 Å². The summed E-state index contributed by atoms with van der Waals surface area (Å²) < 4.78 is 38.2. The molecule has 1 aliphatic carbocycles. The number of hydrogen-bond donors (Lipinski definition) is 1. The molecule has 4 aromatic rings. The first-order chi connectivity index (χ1) is 25.1. The molecule has 8 nitrogen and oxygen atoms in total. The molecule has 0 amide bonds. The van der Waals surface area contributed by atoms with Crippen molar-refractivity contribution in [1.82, 2.24) is 0 Å². The molecule has 1 heterocycles. The van der Waals surface area contributed by atoms with Gasteiger partial charge in [0.05, 0.1) is 26.4 Å². The van der Waals surface area contributed by atoms with Gasteiger partial charge in [-0.3, -0.25) is 0 Å². The Bertz CT molecular complexity index is 1550. The predicted octanol–water partition coefficient (Wildman–Crippen LogP) is 7.56. The van der Waals surface area contributed by atoms with E-state index in [2.05, 4.69) is 0 Å². The molecule has 6 rings (SSSR count). The van der Waals surface area contributed by atoms with Crippen molar-refractivity contribution in [2.45, 2.75) is 102 Å². The zero-order valence-electron chi connectivity index (χ0n) is 29.2. The Morgan fingerprint density at radius 1 is 0.647 bits per heavy atom. The molecular formula is C43H50O8. The van der Waals surface area contributed by atoms with Crippen LogP contribution in [0.5, 0.6) is 0 Å². The van der Waals surface area contributed by atoms with Crippen molar-refractivity contribution in [2.24, 2.45) is 5.92 Å². The van der Waals surface area contributed by atoms with Gasteiger partial charge in [-0.1, -0.05) is 153 Å². The van der Waals surface area contributed by atoms with Gasteiger partial charge in [-0.05, 0) is 34.6 Å². The maximum atomic E-state index is 13.9. The van der Waals surface area contributed by atoms with Crippen molar-refractivity contribution >= 4 is 5.97 Å². The number of esters is 1. The molecule has 0 radical (unpaired) electrons. The number of aliphatic hydroxyl groups is 1. The van der Waals surface area contributed by atoms with Gasteiger partial charge in [0.25, 0.3) is 0 Å². The van der Waals surface area contributed by atoms with Crippen molar-refractivity contribution in [3.8, 4) is 0 Å². The fourth-order valence-corrected chi connectivity index (χ4v) is 6.83. The van der Waals surface area contributed by atoms with Crippen LogP contribution in [0.4, 0.5) is 0 Å². The molecular weight excluding hydrogens is 644 g/mol. The molecule has 4 aromatic carbocycles. The zero-order chi connectivity index (χ0) is 35.1. The lowest BCUT2D eigenvalue weighted by molar-refractivity contribution is -0.327. The SMILES string of the molecule is O=C(OCc1ccccc1)C(CC1CCCCC1)O[C@H]1[C@@H](O)[C@@H](COCc2ccccc2)O[C@@H](OCc2ccccc2)[C@@H]1OCc1ccccc1. The molecule has 1 unspecified atom stereocenters. The second kappa shape index (κ2) is 19.6. The van der Waals surface area contributed by atoms with Crippen molar-refractivity contribution in [3.05, 3.63) is 144 Å². The van der Waals surface area contributed by atoms with Gasteiger partial charge in [0, 0.05) is 0 Å². The Hall–Kier alpha value is -3.89. The van der Waals surface area contributed by atoms with E-state index in [4.69, 9.17) is 28.4 Å². The molecule has 0 aromatic heterocycles. The molecule has 6 atom stereocenters. The molecule has 0 bridgehead atoms. The molecule has 1 saturated carbocycles. The summed E-state index contributed by atoms with van der Waals surface area (Å²) in [6, 6.07) is 39.1. The van der Waals surface area contributed by atoms with E-state index in [0.29, 0.717) is 18.9 Å². The van der Waals surface area contributed by atoms with Gasteiger partial charge in [-0.15, -0.1) is 0 Å². The average molecular weight is 695 g/mol. The monoisotopic (exact) mass is 694 g/mol. The molecule has 1 saturated heterocycles. The maximum Gasteiger partial charge on any atom is 0.335 e. The standard InChI is InChI=1S/C43H50O8/c44-39-38(31-46-27-33-18-8-2-9-19-33)51-43(49-30-36-24-14-5-15-25-36)41(47-28-34-20-10-3-11-21-34)40(39)50-37(26-32-16-6-1-7-17-32)42(45)48-29-35-22-12-4-13-23-35/h2-5,8-15,18-25,32,37-41,43-44H,1,6-7,16-17,26-31H2/t37?,38-,39+,40+,41-,43-/m1/s1. The fraction of sp³-hybridized carbons (Fsp3) is 0.419. The van der Waals surface area contributed by atoms with Crippen LogP contribution < -0.4 is 0 Å².